The summed E-state index contributed by atoms with van der Waals surface area (Å²) in [6.45, 7) is 5.00. The van der Waals surface area contributed by atoms with Crippen molar-refractivity contribution in [2.75, 3.05) is 18.2 Å². The summed E-state index contributed by atoms with van der Waals surface area (Å²) in [5.41, 5.74) is 0.661. The largest absolute Gasteiger partial charge is 0.452 e. The fourth-order valence-electron chi connectivity index (χ4n) is 2.26. The molecule has 0 fully saturated rings. The van der Waals surface area contributed by atoms with Gasteiger partial charge < -0.3 is 10.1 Å². The number of hydrogen-bond donors (Lipinski definition) is 1. The summed E-state index contributed by atoms with van der Waals surface area (Å²) in [5, 5.41) is 6.71. The van der Waals surface area contributed by atoms with Gasteiger partial charge in [0.1, 0.15) is 5.82 Å². The predicted molar refractivity (Wildman–Crippen MR) is 95.8 cm³/mol. The zero-order valence-electron chi connectivity index (χ0n) is 15.0. The van der Waals surface area contributed by atoms with Gasteiger partial charge in [-0.05, 0) is 38.5 Å². The number of benzene rings is 1. The van der Waals surface area contributed by atoms with Crippen molar-refractivity contribution in [3.05, 3.63) is 41.6 Å². The van der Waals surface area contributed by atoms with Gasteiger partial charge in [0.15, 0.2) is 16.4 Å². The maximum atomic E-state index is 12.2. The van der Waals surface area contributed by atoms with E-state index in [4.69, 9.17) is 4.74 Å². The van der Waals surface area contributed by atoms with Gasteiger partial charge in [0.25, 0.3) is 5.91 Å². The van der Waals surface area contributed by atoms with Gasteiger partial charge in [-0.25, -0.2) is 17.9 Å². The van der Waals surface area contributed by atoms with E-state index in [0.717, 1.165) is 6.26 Å². The number of nitrogens with one attached hydrogen (secondary N) is 1. The standard InChI is InChI=1S/C17H21N3O5S/c1-11(2)20-15(7-8-18-20)19-16(21)10-25-17(22)14-9-13(26(4,23)24)6-5-12(14)3/h5-9,11H,10H2,1-4H3,(H,19,21). The normalized spacial score (nSPS) is 11.4. The molecule has 1 amide bonds. The van der Waals surface area contributed by atoms with Crippen molar-refractivity contribution in [1.82, 2.24) is 9.78 Å². The van der Waals surface area contributed by atoms with Gasteiger partial charge in [-0.15, -0.1) is 0 Å². The maximum Gasteiger partial charge on any atom is 0.338 e. The molecule has 140 valence electrons. The smallest absolute Gasteiger partial charge is 0.338 e. The predicted octanol–water partition coefficient (Wildman–Crippen LogP) is 1.97. The summed E-state index contributed by atoms with van der Waals surface area (Å²) < 4.78 is 29.9. The van der Waals surface area contributed by atoms with Crippen LogP contribution in [0.25, 0.3) is 0 Å². The lowest BCUT2D eigenvalue weighted by molar-refractivity contribution is -0.119. The number of sulfone groups is 1. The van der Waals surface area contributed by atoms with Crippen molar-refractivity contribution in [3.63, 3.8) is 0 Å². The summed E-state index contributed by atoms with van der Waals surface area (Å²) in [7, 11) is -3.45. The molecule has 1 aromatic heterocycles. The molecule has 0 bridgehead atoms. The highest BCUT2D eigenvalue weighted by Gasteiger charge is 2.17. The first-order chi connectivity index (χ1) is 12.1. The number of hydrogen-bond acceptors (Lipinski definition) is 6. The molecule has 2 rings (SSSR count). The minimum absolute atomic E-state index is 0.0142. The van der Waals surface area contributed by atoms with Crippen molar-refractivity contribution >= 4 is 27.5 Å². The second-order valence-corrected chi connectivity index (χ2v) is 8.14. The Labute approximate surface area is 152 Å². The molecule has 0 atom stereocenters. The van der Waals surface area contributed by atoms with Crippen LogP contribution in [-0.2, 0) is 19.4 Å². The van der Waals surface area contributed by atoms with Crippen LogP contribution in [0, 0.1) is 6.92 Å². The average molecular weight is 379 g/mol. The van der Waals surface area contributed by atoms with Crippen molar-refractivity contribution in [2.24, 2.45) is 0 Å². The van der Waals surface area contributed by atoms with E-state index >= 15 is 0 Å². The Hall–Kier alpha value is -2.68. The average Bonchev–Trinajstić information content (AvgIpc) is 3.00. The third-order valence-corrected chi connectivity index (χ3v) is 4.73. The van der Waals surface area contributed by atoms with Gasteiger partial charge in [0.05, 0.1) is 16.7 Å². The summed E-state index contributed by atoms with van der Waals surface area (Å²) in [6.07, 6.45) is 2.61. The fraction of sp³-hybridized carbons (Fsp3) is 0.353. The van der Waals surface area contributed by atoms with Crippen LogP contribution < -0.4 is 5.32 Å². The van der Waals surface area contributed by atoms with E-state index in [-0.39, 0.29) is 16.5 Å². The summed E-state index contributed by atoms with van der Waals surface area (Å²) >= 11 is 0. The fourth-order valence-corrected chi connectivity index (χ4v) is 2.91. The molecular formula is C17H21N3O5S. The number of rotatable bonds is 6. The van der Waals surface area contributed by atoms with Gasteiger partial charge in [0, 0.05) is 18.4 Å². The molecule has 26 heavy (non-hydrogen) atoms. The highest BCUT2D eigenvalue weighted by atomic mass is 32.2. The van der Waals surface area contributed by atoms with Gasteiger partial charge in [-0.3, -0.25) is 4.79 Å². The van der Waals surface area contributed by atoms with Crippen molar-refractivity contribution in [3.8, 4) is 0 Å². The van der Waals surface area contributed by atoms with Crippen LogP contribution in [0.2, 0.25) is 0 Å². The summed E-state index contributed by atoms with van der Waals surface area (Å²) in [5.74, 6) is -0.783. The van der Waals surface area contributed by atoms with E-state index in [1.165, 1.54) is 18.2 Å². The Balaban J connectivity index is 2.04. The quantitative estimate of drug-likeness (QED) is 0.769. The molecule has 9 heteroatoms. The van der Waals surface area contributed by atoms with Crippen LogP contribution in [-0.4, -0.2) is 42.9 Å². The molecule has 0 saturated heterocycles. The van der Waals surface area contributed by atoms with Gasteiger partial charge in [-0.1, -0.05) is 6.07 Å². The van der Waals surface area contributed by atoms with E-state index in [2.05, 4.69) is 10.4 Å². The van der Waals surface area contributed by atoms with Gasteiger partial charge in [-0.2, -0.15) is 5.10 Å². The highest BCUT2D eigenvalue weighted by molar-refractivity contribution is 7.90. The van der Waals surface area contributed by atoms with Crippen molar-refractivity contribution < 1.29 is 22.7 Å². The second kappa shape index (κ2) is 7.69. The van der Waals surface area contributed by atoms with Crippen molar-refractivity contribution in [2.45, 2.75) is 31.7 Å². The number of carbonyl (C=O) groups excluding carboxylic acids is 2. The van der Waals surface area contributed by atoms with Crippen LogP contribution in [0.1, 0.15) is 35.8 Å². The molecule has 0 radical (unpaired) electrons. The number of carbonyl (C=O) groups is 2. The summed E-state index contributed by atoms with van der Waals surface area (Å²) in [6, 6.07) is 5.89. The molecule has 1 heterocycles. The Kier molecular flexibility index (Phi) is 5.81. The second-order valence-electron chi connectivity index (χ2n) is 6.13. The molecule has 0 aliphatic rings. The van der Waals surface area contributed by atoms with E-state index in [0.29, 0.717) is 11.4 Å². The van der Waals surface area contributed by atoms with E-state index in [9.17, 15) is 18.0 Å². The molecule has 0 spiro atoms. The van der Waals surface area contributed by atoms with E-state index < -0.39 is 28.3 Å². The maximum absolute atomic E-state index is 12.2. The number of aromatic nitrogens is 2. The van der Waals surface area contributed by atoms with Crippen molar-refractivity contribution in [1.29, 1.82) is 0 Å². The Morgan fingerprint density at radius 3 is 2.58 bits per heavy atom. The third kappa shape index (κ3) is 4.69. The number of ether oxygens (including phenoxy) is 1. The first kappa shape index (κ1) is 19.6. The van der Waals surface area contributed by atoms with Crippen LogP contribution in [0.3, 0.4) is 0 Å². The minimum atomic E-state index is -3.45. The molecule has 2 aromatic rings. The molecule has 0 unspecified atom stereocenters. The van der Waals surface area contributed by atoms with Crippen LogP contribution in [0.4, 0.5) is 5.82 Å². The zero-order valence-corrected chi connectivity index (χ0v) is 15.8. The topological polar surface area (TPSA) is 107 Å². The first-order valence-electron chi connectivity index (χ1n) is 7.91. The Morgan fingerprint density at radius 1 is 1.27 bits per heavy atom. The lowest BCUT2D eigenvalue weighted by Gasteiger charge is -2.12. The number of amides is 1. The van der Waals surface area contributed by atoms with E-state index in [1.807, 2.05) is 13.8 Å². The highest BCUT2D eigenvalue weighted by Crippen LogP contribution is 2.17. The molecule has 0 aliphatic heterocycles. The molecule has 8 nitrogen and oxygen atoms in total. The minimum Gasteiger partial charge on any atom is -0.452 e. The lowest BCUT2D eigenvalue weighted by atomic mass is 10.1. The monoisotopic (exact) mass is 379 g/mol. The number of aryl methyl sites for hydroxylation is 1. The molecular weight excluding hydrogens is 358 g/mol. The molecule has 0 aliphatic carbocycles. The lowest BCUT2D eigenvalue weighted by Crippen LogP contribution is -2.23. The molecule has 1 N–H and O–H groups in total. The number of nitrogens with zero attached hydrogens (tertiary/aromatic N) is 2. The Bertz CT molecular complexity index is 932. The van der Waals surface area contributed by atoms with Crippen LogP contribution in [0.5, 0.6) is 0 Å². The number of esters is 1. The van der Waals surface area contributed by atoms with Gasteiger partial charge in [0.2, 0.25) is 0 Å². The zero-order chi connectivity index (χ0) is 19.5. The Morgan fingerprint density at radius 2 is 1.96 bits per heavy atom. The summed E-state index contributed by atoms with van der Waals surface area (Å²) in [4.78, 5) is 24.2. The first-order valence-corrected chi connectivity index (χ1v) is 9.80. The van der Waals surface area contributed by atoms with Crippen LogP contribution in [0.15, 0.2) is 35.4 Å². The SMILES string of the molecule is Cc1ccc(S(C)(=O)=O)cc1C(=O)OCC(=O)Nc1ccnn1C(C)C. The van der Waals surface area contributed by atoms with E-state index in [1.54, 1.807) is 23.9 Å². The molecule has 0 saturated carbocycles. The molecule has 1 aromatic carbocycles. The third-order valence-electron chi connectivity index (χ3n) is 3.62. The van der Waals surface area contributed by atoms with Crippen LogP contribution >= 0.6 is 0 Å². The van der Waals surface area contributed by atoms with Gasteiger partial charge >= 0.3 is 5.97 Å². The number of anilines is 1.